The largest absolute Gasteiger partial charge is 0.363 e. The van der Waals surface area contributed by atoms with Gasteiger partial charge in [0.1, 0.15) is 17.5 Å². The van der Waals surface area contributed by atoms with Gasteiger partial charge in [-0.05, 0) is 38.5 Å². The van der Waals surface area contributed by atoms with Crippen molar-refractivity contribution in [3.05, 3.63) is 62.9 Å². The fourth-order valence-electron chi connectivity index (χ4n) is 4.20. The van der Waals surface area contributed by atoms with Crippen LogP contribution in [-0.4, -0.2) is 51.4 Å². The van der Waals surface area contributed by atoms with Crippen molar-refractivity contribution in [2.45, 2.75) is 32.4 Å². The number of hydrogen-bond acceptors (Lipinski definition) is 8. The highest BCUT2D eigenvalue weighted by molar-refractivity contribution is 7.18. The predicted molar refractivity (Wildman–Crippen MR) is 117 cm³/mol. The summed E-state index contributed by atoms with van der Waals surface area (Å²) in [6.45, 7) is 10.3. The first-order valence-electron chi connectivity index (χ1n) is 9.80. The van der Waals surface area contributed by atoms with Gasteiger partial charge in [0.2, 0.25) is 11.7 Å². The monoisotopic (exact) mass is 439 g/mol. The average Bonchev–Trinajstić information content (AvgIpc) is 3.25. The van der Waals surface area contributed by atoms with Crippen LogP contribution in [0.4, 0.5) is 0 Å². The van der Waals surface area contributed by atoms with Gasteiger partial charge in [-0.15, -0.1) is 11.3 Å². The summed E-state index contributed by atoms with van der Waals surface area (Å²) in [4.78, 5) is 40.8. The van der Waals surface area contributed by atoms with Crippen molar-refractivity contribution in [3.63, 3.8) is 0 Å². The molecule has 1 saturated heterocycles. The van der Waals surface area contributed by atoms with Gasteiger partial charge in [0.25, 0.3) is 11.5 Å². The van der Waals surface area contributed by atoms with E-state index < -0.39 is 11.4 Å². The number of ether oxygens (including phenoxy) is 1. The average molecular weight is 439 g/mol. The number of amidine groups is 1. The van der Waals surface area contributed by atoms with Crippen LogP contribution in [0, 0.1) is 13.8 Å². The van der Waals surface area contributed by atoms with E-state index in [4.69, 9.17) is 9.57 Å². The van der Waals surface area contributed by atoms with Crippen molar-refractivity contribution < 1.29 is 14.4 Å². The van der Waals surface area contributed by atoms with Gasteiger partial charge in [-0.1, -0.05) is 23.4 Å². The molecule has 0 aromatic carbocycles. The smallest absolute Gasteiger partial charge is 0.287 e. The van der Waals surface area contributed by atoms with Crippen LogP contribution in [0.5, 0.6) is 0 Å². The van der Waals surface area contributed by atoms with E-state index in [1.807, 2.05) is 43.9 Å². The number of aromatic nitrogens is 2. The first-order chi connectivity index (χ1) is 14.8. The number of H-pyrrole nitrogens is 1. The molecule has 2 aliphatic heterocycles. The summed E-state index contributed by atoms with van der Waals surface area (Å²) in [6, 6.07) is 0. The molecule has 5 rings (SSSR count). The van der Waals surface area contributed by atoms with Gasteiger partial charge in [-0.25, -0.2) is 4.98 Å². The van der Waals surface area contributed by atoms with Crippen LogP contribution in [0.3, 0.4) is 0 Å². The molecular formula is C21H21N5O4S. The Hall–Kier alpha value is -3.24. The third-order valence-electron chi connectivity index (χ3n) is 5.88. The number of oxime groups is 1. The first kappa shape index (κ1) is 19.7. The van der Waals surface area contributed by atoms with E-state index >= 15 is 0 Å². The fraction of sp³-hybridized carbons (Fsp3) is 0.333. The molecule has 10 heteroatoms. The molecule has 160 valence electrons. The molecule has 1 fully saturated rings. The number of nitrogens with zero attached hydrogens (tertiary/aromatic N) is 3. The van der Waals surface area contributed by atoms with Gasteiger partial charge in [-0.2, -0.15) is 0 Å². The van der Waals surface area contributed by atoms with E-state index in [1.165, 1.54) is 11.3 Å². The minimum absolute atomic E-state index is 0.0000303. The van der Waals surface area contributed by atoms with Crippen molar-refractivity contribution >= 4 is 33.3 Å². The number of fused-ring (bicyclic) bond motifs is 4. The summed E-state index contributed by atoms with van der Waals surface area (Å²) in [5.74, 6) is 0.660. The molecule has 0 saturated carbocycles. The second-order valence-electron chi connectivity index (χ2n) is 7.92. The summed E-state index contributed by atoms with van der Waals surface area (Å²) in [5.41, 5.74) is 0.897. The summed E-state index contributed by atoms with van der Waals surface area (Å²) < 4.78 is 5.90. The van der Waals surface area contributed by atoms with Crippen molar-refractivity contribution in [1.29, 1.82) is 0 Å². The second kappa shape index (κ2) is 6.89. The predicted octanol–water partition coefficient (Wildman–Crippen LogP) is 2.10. The van der Waals surface area contributed by atoms with Gasteiger partial charge in [0, 0.05) is 11.4 Å². The molecule has 2 aromatic heterocycles. The Morgan fingerprint density at radius 3 is 3.10 bits per heavy atom. The number of carbonyl (C=O) groups is 1. The number of thiophene rings is 1. The lowest BCUT2D eigenvalue weighted by molar-refractivity contribution is -0.00447. The van der Waals surface area contributed by atoms with Crippen LogP contribution in [0.15, 0.2) is 46.2 Å². The van der Waals surface area contributed by atoms with Crippen molar-refractivity contribution in [3.8, 4) is 0 Å². The maximum absolute atomic E-state index is 12.7. The molecule has 31 heavy (non-hydrogen) atoms. The minimum Gasteiger partial charge on any atom is -0.363 e. The van der Waals surface area contributed by atoms with Crippen molar-refractivity contribution in [2.75, 3.05) is 13.2 Å². The maximum Gasteiger partial charge on any atom is 0.287 e. The number of aryl methyl sites for hydroxylation is 2. The minimum atomic E-state index is -0.572. The number of amides is 1. The van der Waals surface area contributed by atoms with Crippen LogP contribution in [0.25, 0.3) is 10.2 Å². The van der Waals surface area contributed by atoms with Crippen LogP contribution >= 0.6 is 11.3 Å². The highest BCUT2D eigenvalue weighted by atomic mass is 32.1. The molecule has 1 aliphatic carbocycles. The van der Waals surface area contributed by atoms with E-state index in [1.54, 1.807) is 0 Å². The summed E-state index contributed by atoms with van der Waals surface area (Å²) in [6.07, 6.45) is 5.68. The lowest BCUT2D eigenvalue weighted by atomic mass is 9.84. The Labute approximate surface area is 181 Å². The highest BCUT2D eigenvalue weighted by Crippen LogP contribution is 2.38. The number of nitrogens with one attached hydrogen (secondary N) is 2. The quantitative estimate of drug-likeness (QED) is 0.758. The molecule has 0 radical (unpaired) electrons. The molecule has 0 spiro atoms. The van der Waals surface area contributed by atoms with E-state index in [-0.39, 0.29) is 24.0 Å². The van der Waals surface area contributed by atoms with E-state index in [9.17, 15) is 9.59 Å². The SMILES string of the molecule is C=C1ON=C2COC3C=CC(CNC(=O)c4nc5sc(C)c(C)c5c(=O)[nH]4)=CC3(C)N12. The lowest BCUT2D eigenvalue weighted by Gasteiger charge is -2.46. The summed E-state index contributed by atoms with van der Waals surface area (Å²) in [7, 11) is 0. The Morgan fingerprint density at radius 1 is 1.48 bits per heavy atom. The highest BCUT2D eigenvalue weighted by Gasteiger charge is 2.49. The second-order valence-corrected chi connectivity index (χ2v) is 9.13. The molecule has 2 unspecified atom stereocenters. The summed E-state index contributed by atoms with van der Waals surface area (Å²) >= 11 is 1.41. The molecule has 1 amide bonds. The molecule has 4 heterocycles. The van der Waals surface area contributed by atoms with E-state index in [0.29, 0.717) is 28.5 Å². The van der Waals surface area contributed by atoms with Crippen LogP contribution in [0.2, 0.25) is 0 Å². The van der Waals surface area contributed by atoms with Crippen LogP contribution < -0.4 is 10.9 Å². The van der Waals surface area contributed by atoms with Gasteiger partial charge in [0.15, 0.2) is 5.84 Å². The number of carbonyl (C=O) groups excluding carboxylic acids is 1. The van der Waals surface area contributed by atoms with Crippen molar-refractivity contribution in [2.24, 2.45) is 5.16 Å². The zero-order chi connectivity index (χ0) is 21.9. The van der Waals surface area contributed by atoms with E-state index in [2.05, 4.69) is 27.0 Å². The van der Waals surface area contributed by atoms with Gasteiger partial charge >= 0.3 is 0 Å². The Morgan fingerprint density at radius 2 is 2.29 bits per heavy atom. The standard InChI is InChI=1S/C21H21N5O4S/c1-10-11(2)31-20-16(10)18(27)23-17(24-20)19(28)22-8-13-5-6-14-21(4,7-13)26-12(3)30-25-15(26)9-29-14/h5-7,14H,3,8-9H2,1-2,4H3,(H,22,28)(H,23,24,27). The molecule has 0 bridgehead atoms. The molecule has 2 atom stereocenters. The number of hydrogen-bond donors (Lipinski definition) is 2. The van der Waals surface area contributed by atoms with Crippen LogP contribution in [0.1, 0.15) is 28.0 Å². The first-order valence-corrected chi connectivity index (χ1v) is 10.6. The lowest BCUT2D eigenvalue weighted by Crippen LogP contribution is -2.60. The van der Waals surface area contributed by atoms with Gasteiger partial charge < -0.3 is 19.9 Å². The normalized spacial score (nSPS) is 24.4. The Kier molecular flexibility index (Phi) is 4.38. The number of morpholine rings is 1. The Bertz CT molecular complexity index is 1290. The van der Waals surface area contributed by atoms with E-state index in [0.717, 1.165) is 16.0 Å². The third kappa shape index (κ3) is 3.02. The number of rotatable bonds is 3. The third-order valence-corrected chi connectivity index (χ3v) is 6.98. The topological polar surface area (TPSA) is 109 Å². The fourth-order valence-corrected chi connectivity index (χ4v) is 5.23. The van der Waals surface area contributed by atoms with Crippen LogP contribution in [-0.2, 0) is 9.57 Å². The summed E-state index contributed by atoms with van der Waals surface area (Å²) in [5, 5.41) is 7.39. The Balaban J connectivity index is 1.37. The number of aromatic amines is 1. The van der Waals surface area contributed by atoms with Gasteiger partial charge in [0.05, 0.1) is 10.9 Å². The van der Waals surface area contributed by atoms with Gasteiger partial charge in [-0.3, -0.25) is 14.5 Å². The maximum atomic E-state index is 12.7. The molecular weight excluding hydrogens is 418 g/mol. The molecule has 9 nitrogen and oxygen atoms in total. The van der Waals surface area contributed by atoms with Crippen molar-refractivity contribution in [1.82, 2.24) is 20.2 Å². The molecule has 2 N–H and O–H groups in total. The zero-order valence-corrected chi connectivity index (χ0v) is 18.1. The molecule has 3 aliphatic rings. The molecule has 2 aromatic rings. The zero-order valence-electron chi connectivity index (χ0n) is 17.3.